The Kier molecular flexibility index (Phi) is 4.14. The van der Waals surface area contributed by atoms with E-state index in [9.17, 15) is 0 Å². The van der Waals surface area contributed by atoms with Gasteiger partial charge in [-0.3, -0.25) is 4.90 Å². The third-order valence-corrected chi connectivity index (χ3v) is 5.26. The van der Waals surface area contributed by atoms with E-state index in [0.29, 0.717) is 12.1 Å². The third-order valence-electron chi connectivity index (χ3n) is 5.26. The molecule has 6 unspecified atom stereocenters. The molecule has 2 fully saturated rings. The van der Waals surface area contributed by atoms with E-state index in [1.165, 1.54) is 32.4 Å². The van der Waals surface area contributed by atoms with Crippen molar-refractivity contribution in [3.63, 3.8) is 0 Å². The largest absolute Gasteiger partial charge is 0.326 e. The van der Waals surface area contributed by atoms with Crippen molar-refractivity contribution in [1.29, 1.82) is 0 Å². The van der Waals surface area contributed by atoms with Gasteiger partial charge in [-0.1, -0.05) is 27.7 Å². The Balaban J connectivity index is 2.01. The molecule has 1 saturated carbocycles. The standard InChI is InChI=1S/C15H30N2/c1-10-7-12(3)15(14(16)8-10)17-6-5-11(2)13(4)9-17/h10-15H,5-9,16H2,1-4H3. The summed E-state index contributed by atoms with van der Waals surface area (Å²) in [5.41, 5.74) is 6.43. The highest BCUT2D eigenvalue weighted by Crippen LogP contribution is 2.34. The molecule has 0 bridgehead atoms. The van der Waals surface area contributed by atoms with Crippen LogP contribution in [0.4, 0.5) is 0 Å². The summed E-state index contributed by atoms with van der Waals surface area (Å²) in [5, 5.41) is 0. The van der Waals surface area contributed by atoms with Crippen LogP contribution >= 0.6 is 0 Å². The molecule has 2 N–H and O–H groups in total. The molecule has 0 amide bonds. The molecule has 1 saturated heterocycles. The van der Waals surface area contributed by atoms with Crippen molar-refractivity contribution in [2.24, 2.45) is 29.4 Å². The molecular formula is C15H30N2. The highest BCUT2D eigenvalue weighted by Gasteiger charge is 2.37. The molecule has 17 heavy (non-hydrogen) atoms. The molecule has 2 rings (SSSR count). The average molecular weight is 238 g/mol. The van der Waals surface area contributed by atoms with E-state index in [2.05, 4.69) is 32.6 Å². The molecule has 0 aromatic rings. The Morgan fingerprint density at radius 3 is 2.24 bits per heavy atom. The van der Waals surface area contributed by atoms with Gasteiger partial charge in [0, 0.05) is 18.6 Å². The van der Waals surface area contributed by atoms with Gasteiger partial charge in [0.1, 0.15) is 0 Å². The smallest absolute Gasteiger partial charge is 0.0273 e. The first-order valence-electron chi connectivity index (χ1n) is 7.48. The zero-order valence-electron chi connectivity index (χ0n) is 12.0. The Morgan fingerprint density at radius 1 is 0.941 bits per heavy atom. The number of likely N-dealkylation sites (tertiary alicyclic amines) is 1. The van der Waals surface area contributed by atoms with Crippen molar-refractivity contribution in [3.8, 4) is 0 Å². The summed E-state index contributed by atoms with van der Waals surface area (Å²) in [6.07, 6.45) is 3.93. The van der Waals surface area contributed by atoms with Crippen molar-refractivity contribution < 1.29 is 0 Å². The van der Waals surface area contributed by atoms with E-state index in [1.54, 1.807) is 0 Å². The van der Waals surface area contributed by atoms with Gasteiger partial charge in [0.2, 0.25) is 0 Å². The fourth-order valence-electron chi connectivity index (χ4n) is 4.09. The third kappa shape index (κ3) is 2.85. The number of nitrogens with zero attached hydrogens (tertiary/aromatic N) is 1. The molecule has 0 spiro atoms. The van der Waals surface area contributed by atoms with Gasteiger partial charge in [-0.2, -0.15) is 0 Å². The van der Waals surface area contributed by atoms with Crippen molar-refractivity contribution in [2.75, 3.05) is 13.1 Å². The van der Waals surface area contributed by atoms with E-state index in [0.717, 1.165) is 23.7 Å². The molecule has 1 heterocycles. The highest BCUT2D eigenvalue weighted by molar-refractivity contribution is 4.94. The van der Waals surface area contributed by atoms with E-state index in [4.69, 9.17) is 5.73 Å². The maximum absolute atomic E-state index is 6.43. The fraction of sp³-hybridized carbons (Fsp3) is 1.00. The summed E-state index contributed by atoms with van der Waals surface area (Å²) < 4.78 is 0. The Morgan fingerprint density at radius 2 is 1.65 bits per heavy atom. The lowest BCUT2D eigenvalue weighted by atomic mass is 9.75. The van der Waals surface area contributed by atoms with Crippen LogP contribution in [-0.2, 0) is 0 Å². The van der Waals surface area contributed by atoms with Gasteiger partial charge in [0.05, 0.1) is 0 Å². The summed E-state index contributed by atoms with van der Waals surface area (Å²) in [7, 11) is 0. The van der Waals surface area contributed by atoms with Gasteiger partial charge in [0.15, 0.2) is 0 Å². The van der Waals surface area contributed by atoms with Crippen LogP contribution < -0.4 is 5.73 Å². The summed E-state index contributed by atoms with van der Waals surface area (Å²) in [6.45, 7) is 12.1. The van der Waals surface area contributed by atoms with Crippen LogP contribution in [0, 0.1) is 23.7 Å². The van der Waals surface area contributed by atoms with Gasteiger partial charge in [-0.05, 0) is 49.5 Å². The number of piperidine rings is 1. The van der Waals surface area contributed by atoms with Gasteiger partial charge < -0.3 is 5.73 Å². The van der Waals surface area contributed by atoms with Gasteiger partial charge >= 0.3 is 0 Å². The normalized spacial score (nSPS) is 49.2. The second-order valence-corrected chi connectivity index (χ2v) is 6.95. The van der Waals surface area contributed by atoms with E-state index < -0.39 is 0 Å². The lowest BCUT2D eigenvalue weighted by Gasteiger charge is -2.48. The van der Waals surface area contributed by atoms with Gasteiger partial charge in [-0.15, -0.1) is 0 Å². The first-order chi connectivity index (χ1) is 7.99. The summed E-state index contributed by atoms with van der Waals surface area (Å²) >= 11 is 0. The fourth-order valence-corrected chi connectivity index (χ4v) is 4.09. The summed E-state index contributed by atoms with van der Waals surface area (Å²) in [6, 6.07) is 1.04. The molecule has 2 aliphatic rings. The van der Waals surface area contributed by atoms with Crippen molar-refractivity contribution in [3.05, 3.63) is 0 Å². The molecule has 100 valence electrons. The lowest BCUT2D eigenvalue weighted by Crippen LogP contribution is -2.57. The first kappa shape index (κ1) is 13.4. The van der Waals surface area contributed by atoms with Crippen molar-refractivity contribution in [2.45, 2.75) is 59.0 Å². The number of rotatable bonds is 1. The number of hydrogen-bond acceptors (Lipinski definition) is 2. The second kappa shape index (κ2) is 5.27. The monoisotopic (exact) mass is 238 g/mol. The van der Waals surface area contributed by atoms with E-state index in [-0.39, 0.29) is 0 Å². The van der Waals surface area contributed by atoms with E-state index >= 15 is 0 Å². The molecule has 0 aromatic carbocycles. The second-order valence-electron chi connectivity index (χ2n) is 6.95. The number of nitrogens with two attached hydrogens (primary N) is 1. The Bertz CT molecular complexity index is 241. The highest BCUT2D eigenvalue weighted by atomic mass is 15.2. The van der Waals surface area contributed by atoms with E-state index in [1.807, 2.05) is 0 Å². The van der Waals surface area contributed by atoms with Crippen LogP contribution in [0.25, 0.3) is 0 Å². The zero-order chi connectivity index (χ0) is 12.6. The van der Waals surface area contributed by atoms with Crippen LogP contribution in [-0.4, -0.2) is 30.1 Å². The van der Waals surface area contributed by atoms with Crippen molar-refractivity contribution >= 4 is 0 Å². The molecular weight excluding hydrogens is 208 g/mol. The molecule has 1 aliphatic carbocycles. The van der Waals surface area contributed by atoms with Crippen LogP contribution in [0.1, 0.15) is 47.0 Å². The number of hydrogen-bond donors (Lipinski definition) is 1. The molecule has 2 heteroatoms. The topological polar surface area (TPSA) is 29.3 Å². The quantitative estimate of drug-likeness (QED) is 0.761. The Hall–Kier alpha value is -0.0800. The van der Waals surface area contributed by atoms with Gasteiger partial charge in [-0.25, -0.2) is 0 Å². The summed E-state index contributed by atoms with van der Waals surface area (Å²) in [5.74, 6) is 3.31. The van der Waals surface area contributed by atoms with Crippen LogP contribution in [0.15, 0.2) is 0 Å². The zero-order valence-corrected chi connectivity index (χ0v) is 12.0. The average Bonchev–Trinajstić information content (AvgIpc) is 2.21. The molecule has 0 aromatic heterocycles. The van der Waals surface area contributed by atoms with Crippen LogP contribution in [0.2, 0.25) is 0 Å². The van der Waals surface area contributed by atoms with Crippen molar-refractivity contribution in [1.82, 2.24) is 4.90 Å². The van der Waals surface area contributed by atoms with Crippen LogP contribution in [0.5, 0.6) is 0 Å². The molecule has 2 nitrogen and oxygen atoms in total. The lowest BCUT2D eigenvalue weighted by molar-refractivity contribution is 0.0285. The summed E-state index contributed by atoms with van der Waals surface area (Å²) in [4.78, 5) is 2.70. The Labute approximate surface area is 107 Å². The predicted octanol–water partition coefficient (Wildman–Crippen LogP) is 2.73. The maximum Gasteiger partial charge on any atom is 0.0273 e. The minimum atomic E-state index is 0.398. The molecule has 6 atom stereocenters. The van der Waals surface area contributed by atoms with Gasteiger partial charge in [0.25, 0.3) is 0 Å². The SMILES string of the molecule is CC1CC(C)C(N2CCC(C)C(C)C2)C(N)C1. The van der Waals surface area contributed by atoms with Crippen LogP contribution in [0.3, 0.4) is 0 Å². The molecule has 0 radical (unpaired) electrons. The predicted molar refractivity (Wildman–Crippen MR) is 73.8 cm³/mol. The minimum absolute atomic E-state index is 0.398. The first-order valence-corrected chi connectivity index (χ1v) is 7.48. The minimum Gasteiger partial charge on any atom is -0.326 e. The maximum atomic E-state index is 6.43. The molecule has 1 aliphatic heterocycles.